The van der Waals surface area contributed by atoms with Crippen molar-refractivity contribution in [1.82, 2.24) is 15.6 Å². The van der Waals surface area contributed by atoms with Crippen molar-refractivity contribution in [2.45, 2.75) is 26.8 Å². The van der Waals surface area contributed by atoms with Crippen LogP contribution in [0.2, 0.25) is 0 Å². The number of halogens is 1. The lowest BCUT2D eigenvalue weighted by molar-refractivity contribution is -0.121. The van der Waals surface area contributed by atoms with Crippen LogP contribution in [0.15, 0.2) is 33.7 Å². The minimum atomic E-state index is -0.0224. The van der Waals surface area contributed by atoms with Crippen LogP contribution in [-0.2, 0) is 11.3 Å². The summed E-state index contributed by atoms with van der Waals surface area (Å²) in [5.41, 5.74) is 1.72. The highest BCUT2D eigenvalue weighted by Crippen LogP contribution is 2.31. The molecule has 1 amide bonds. The molecule has 0 fully saturated rings. The van der Waals surface area contributed by atoms with Gasteiger partial charge in [0.25, 0.3) is 5.91 Å². The van der Waals surface area contributed by atoms with E-state index in [-0.39, 0.29) is 36.5 Å². The van der Waals surface area contributed by atoms with Gasteiger partial charge in [0.15, 0.2) is 12.6 Å². The normalized spacial score (nSPS) is 13.5. The molecule has 1 aromatic carbocycles. The molecule has 0 saturated heterocycles. The van der Waals surface area contributed by atoms with Crippen LogP contribution in [0, 0.1) is 13.8 Å². The van der Waals surface area contributed by atoms with Gasteiger partial charge in [-0.1, -0.05) is 12.1 Å². The summed E-state index contributed by atoms with van der Waals surface area (Å²) in [6.45, 7) is 5.65. The number of nitrogens with one attached hydrogen (secondary N) is 2. The van der Waals surface area contributed by atoms with E-state index in [1.807, 2.05) is 38.1 Å². The van der Waals surface area contributed by atoms with Crippen LogP contribution in [0.3, 0.4) is 0 Å². The molecular weight excluding hydrogens is 473 g/mol. The van der Waals surface area contributed by atoms with Crippen molar-refractivity contribution >= 4 is 41.5 Å². The number of hydrogen-bond acceptors (Lipinski definition) is 5. The van der Waals surface area contributed by atoms with Gasteiger partial charge in [-0.3, -0.25) is 9.79 Å². The number of carbonyl (C=O) groups excluding carboxylic acids is 1. The second-order valence-corrected chi connectivity index (χ2v) is 6.26. The number of guanidine groups is 1. The smallest absolute Gasteiger partial charge is 0.265 e. The third kappa shape index (κ3) is 5.37. The molecule has 28 heavy (non-hydrogen) atoms. The summed E-state index contributed by atoms with van der Waals surface area (Å²) in [6.07, 6.45) is 0.776. The zero-order chi connectivity index (χ0) is 19.2. The molecule has 1 aliphatic heterocycles. The average molecular weight is 499 g/mol. The zero-order valence-corrected chi connectivity index (χ0v) is 18.6. The largest absolute Gasteiger partial charge is 0.482 e. The number of fused-ring (bicyclic) bond motifs is 1. The van der Waals surface area contributed by atoms with Crippen molar-refractivity contribution in [2.75, 3.05) is 31.6 Å². The summed E-state index contributed by atoms with van der Waals surface area (Å²) in [7, 11) is 1.71. The Morgan fingerprint density at radius 2 is 2.07 bits per heavy atom. The number of para-hydroxylation sites is 2. The number of aryl methyl sites for hydroxylation is 2. The molecule has 152 valence electrons. The number of rotatable bonds is 6. The Morgan fingerprint density at radius 1 is 1.29 bits per heavy atom. The van der Waals surface area contributed by atoms with E-state index in [1.54, 1.807) is 11.9 Å². The van der Waals surface area contributed by atoms with Crippen LogP contribution in [0.4, 0.5) is 5.69 Å². The monoisotopic (exact) mass is 499 g/mol. The number of oxazole rings is 1. The van der Waals surface area contributed by atoms with E-state index in [0.29, 0.717) is 31.5 Å². The SMILES string of the molecule is CN=C(NCCCN1C(=O)COc2ccccc21)NCc1nc(C)c(C)o1.I. The predicted octanol–water partition coefficient (Wildman–Crippen LogP) is 2.39. The molecule has 0 bridgehead atoms. The number of nitrogens with zero attached hydrogens (tertiary/aromatic N) is 3. The van der Waals surface area contributed by atoms with Crippen molar-refractivity contribution in [1.29, 1.82) is 0 Å². The van der Waals surface area contributed by atoms with Gasteiger partial charge in [-0.15, -0.1) is 24.0 Å². The number of benzene rings is 1. The van der Waals surface area contributed by atoms with Gasteiger partial charge in [-0.05, 0) is 32.4 Å². The van der Waals surface area contributed by atoms with Crippen molar-refractivity contribution in [3.63, 3.8) is 0 Å². The minimum Gasteiger partial charge on any atom is -0.482 e. The summed E-state index contributed by atoms with van der Waals surface area (Å²) in [5, 5.41) is 6.41. The minimum absolute atomic E-state index is 0. The Balaban J connectivity index is 0.00000280. The summed E-state index contributed by atoms with van der Waals surface area (Å²) >= 11 is 0. The molecule has 2 heterocycles. The van der Waals surface area contributed by atoms with Crippen molar-refractivity contribution < 1.29 is 13.9 Å². The van der Waals surface area contributed by atoms with E-state index < -0.39 is 0 Å². The van der Waals surface area contributed by atoms with Crippen molar-refractivity contribution in [2.24, 2.45) is 4.99 Å². The maximum atomic E-state index is 12.2. The first kappa shape index (κ1) is 22.0. The van der Waals surface area contributed by atoms with Gasteiger partial charge in [0.05, 0.1) is 17.9 Å². The van der Waals surface area contributed by atoms with Crippen LogP contribution >= 0.6 is 24.0 Å². The third-order valence-electron chi connectivity index (χ3n) is 4.36. The van der Waals surface area contributed by atoms with E-state index in [2.05, 4.69) is 20.6 Å². The molecule has 0 radical (unpaired) electrons. The summed E-state index contributed by atoms with van der Waals surface area (Å²) in [5.74, 6) is 2.84. The first-order valence-corrected chi connectivity index (χ1v) is 8.98. The van der Waals surface area contributed by atoms with Crippen molar-refractivity contribution in [3.05, 3.63) is 41.6 Å². The van der Waals surface area contributed by atoms with Crippen LogP contribution in [-0.4, -0.2) is 43.6 Å². The maximum absolute atomic E-state index is 12.2. The third-order valence-corrected chi connectivity index (χ3v) is 4.36. The number of aliphatic imine (C=N–C) groups is 1. The van der Waals surface area contributed by atoms with E-state index >= 15 is 0 Å². The molecule has 0 saturated carbocycles. The number of anilines is 1. The van der Waals surface area contributed by atoms with Crippen molar-refractivity contribution in [3.8, 4) is 5.75 Å². The van der Waals surface area contributed by atoms with Gasteiger partial charge in [-0.25, -0.2) is 4.98 Å². The van der Waals surface area contributed by atoms with Crippen LogP contribution in [0.25, 0.3) is 0 Å². The lowest BCUT2D eigenvalue weighted by Gasteiger charge is -2.29. The highest BCUT2D eigenvalue weighted by atomic mass is 127. The molecule has 1 aliphatic rings. The predicted molar refractivity (Wildman–Crippen MR) is 119 cm³/mol. The second-order valence-electron chi connectivity index (χ2n) is 6.26. The average Bonchev–Trinajstić information content (AvgIpc) is 3.00. The van der Waals surface area contributed by atoms with Gasteiger partial charge in [0.1, 0.15) is 11.5 Å². The van der Waals surface area contributed by atoms with E-state index in [0.717, 1.165) is 29.3 Å². The Hall–Kier alpha value is -2.30. The van der Waals surface area contributed by atoms with Gasteiger partial charge < -0.3 is 24.7 Å². The Bertz CT molecular complexity index is 817. The highest BCUT2D eigenvalue weighted by molar-refractivity contribution is 14.0. The fourth-order valence-electron chi connectivity index (χ4n) is 2.84. The van der Waals surface area contributed by atoms with E-state index in [9.17, 15) is 4.79 Å². The molecule has 8 nitrogen and oxygen atoms in total. The van der Waals surface area contributed by atoms with E-state index in [4.69, 9.17) is 9.15 Å². The van der Waals surface area contributed by atoms with E-state index in [1.165, 1.54) is 0 Å². The Labute approximate surface area is 181 Å². The molecule has 3 rings (SSSR count). The fourth-order valence-corrected chi connectivity index (χ4v) is 2.84. The Morgan fingerprint density at radius 3 is 2.79 bits per heavy atom. The number of hydrogen-bond donors (Lipinski definition) is 2. The second kappa shape index (κ2) is 10.3. The topological polar surface area (TPSA) is 92.0 Å². The van der Waals surface area contributed by atoms with Gasteiger partial charge in [0, 0.05) is 20.1 Å². The lowest BCUT2D eigenvalue weighted by Crippen LogP contribution is -2.42. The van der Waals surface area contributed by atoms with Gasteiger partial charge in [0.2, 0.25) is 5.89 Å². The lowest BCUT2D eigenvalue weighted by atomic mass is 10.2. The first-order chi connectivity index (χ1) is 13.1. The molecule has 0 unspecified atom stereocenters. The molecule has 0 atom stereocenters. The van der Waals surface area contributed by atoms with Crippen LogP contribution in [0.5, 0.6) is 5.75 Å². The maximum Gasteiger partial charge on any atom is 0.265 e. The highest BCUT2D eigenvalue weighted by Gasteiger charge is 2.24. The summed E-state index contributed by atoms with van der Waals surface area (Å²) < 4.78 is 11.0. The summed E-state index contributed by atoms with van der Waals surface area (Å²) in [6, 6.07) is 7.59. The molecule has 2 N–H and O–H groups in total. The molecule has 0 aliphatic carbocycles. The standard InChI is InChI=1S/C19H25N5O3.HI/c1-13-14(2)27-17(23-13)11-22-19(20-3)21-9-6-10-24-15-7-4-5-8-16(15)26-12-18(24)25;/h4-5,7-8H,6,9-12H2,1-3H3,(H2,20,21,22);1H. The number of ether oxygens (including phenoxy) is 1. The Kier molecular flexibility index (Phi) is 8.09. The summed E-state index contributed by atoms with van der Waals surface area (Å²) in [4.78, 5) is 22.5. The number of amides is 1. The molecule has 2 aromatic rings. The van der Waals surface area contributed by atoms with Crippen LogP contribution in [0.1, 0.15) is 23.8 Å². The van der Waals surface area contributed by atoms with Gasteiger partial charge in [-0.2, -0.15) is 0 Å². The molecular formula is C19H26IN5O3. The first-order valence-electron chi connectivity index (χ1n) is 8.98. The molecule has 1 aromatic heterocycles. The van der Waals surface area contributed by atoms with Crippen LogP contribution < -0.4 is 20.3 Å². The number of aromatic nitrogens is 1. The number of carbonyl (C=O) groups is 1. The van der Waals surface area contributed by atoms with Gasteiger partial charge >= 0.3 is 0 Å². The fraction of sp³-hybridized carbons (Fsp3) is 0.421. The molecule has 0 spiro atoms. The quantitative estimate of drug-likeness (QED) is 0.275. The zero-order valence-electron chi connectivity index (χ0n) is 16.3. The molecule has 9 heteroatoms.